The van der Waals surface area contributed by atoms with E-state index in [1.165, 1.54) is 24.2 Å². The Labute approximate surface area is 104 Å². The highest BCUT2D eigenvalue weighted by molar-refractivity contribution is 7.99. The number of nitrogen functional groups attached to an aromatic ring is 1. The molecule has 1 aromatic heterocycles. The van der Waals surface area contributed by atoms with Crippen molar-refractivity contribution in [3.63, 3.8) is 0 Å². The highest BCUT2D eigenvalue weighted by atomic mass is 32.2. The highest BCUT2D eigenvalue weighted by Gasteiger charge is 2.06. The zero-order valence-electron chi connectivity index (χ0n) is 9.73. The SMILES string of the molecule is CC(C)NC(=O)CSc1cnc(C(=N)N)cn1. The molecule has 0 atom stereocenters. The maximum Gasteiger partial charge on any atom is 0.230 e. The molecule has 0 aliphatic heterocycles. The predicted molar refractivity (Wildman–Crippen MR) is 67.1 cm³/mol. The molecule has 0 saturated heterocycles. The Balaban J connectivity index is 2.47. The summed E-state index contributed by atoms with van der Waals surface area (Å²) in [5, 5.41) is 10.6. The molecule has 4 N–H and O–H groups in total. The Morgan fingerprint density at radius 3 is 2.71 bits per heavy atom. The van der Waals surface area contributed by atoms with E-state index in [2.05, 4.69) is 15.3 Å². The van der Waals surface area contributed by atoms with E-state index in [9.17, 15) is 4.79 Å². The number of amides is 1. The number of hydrogen-bond donors (Lipinski definition) is 3. The van der Waals surface area contributed by atoms with Crippen molar-refractivity contribution in [2.24, 2.45) is 5.73 Å². The minimum atomic E-state index is -0.119. The lowest BCUT2D eigenvalue weighted by Gasteiger charge is -2.07. The van der Waals surface area contributed by atoms with Crippen molar-refractivity contribution in [3.05, 3.63) is 18.1 Å². The van der Waals surface area contributed by atoms with E-state index >= 15 is 0 Å². The van der Waals surface area contributed by atoms with Gasteiger partial charge in [-0.1, -0.05) is 11.8 Å². The molecule has 0 saturated carbocycles. The van der Waals surface area contributed by atoms with E-state index < -0.39 is 0 Å². The van der Waals surface area contributed by atoms with Gasteiger partial charge < -0.3 is 11.1 Å². The zero-order valence-corrected chi connectivity index (χ0v) is 10.5. The normalized spacial score (nSPS) is 10.3. The highest BCUT2D eigenvalue weighted by Crippen LogP contribution is 2.13. The van der Waals surface area contributed by atoms with Gasteiger partial charge in [-0.15, -0.1) is 0 Å². The molecule has 1 heterocycles. The number of rotatable bonds is 5. The van der Waals surface area contributed by atoms with Gasteiger partial charge >= 0.3 is 0 Å². The monoisotopic (exact) mass is 253 g/mol. The van der Waals surface area contributed by atoms with Gasteiger partial charge in [-0.3, -0.25) is 10.2 Å². The summed E-state index contributed by atoms with van der Waals surface area (Å²) in [4.78, 5) is 19.4. The van der Waals surface area contributed by atoms with Crippen LogP contribution in [0.1, 0.15) is 19.5 Å². The van der Waals surface area contributed by atoms with Crippen molar-refractivity contribution in [1.82, 2.24) is 15.3 Å². The molecule has 0 bridgehead atoms. The standard InChI is InChI=1S/C10H15N5OS/c1-6(2)15-8(16)5-17-9-4-13-7(3-14-9)10(11)12/h3-4,6H,5H2,1-2H3,(H3,11,12)(H,15,16). The Bertz CT molecular complexity index is 404. The third-order valence-corrected chi connectivity index (χ3v) is 2.62. The molecule has 0 radical (unpaired) electrons. The van der Waals surface area contributed by atoms with Gasteiger partial charge in [0.05, 0.1) is 18.1 Å². The summed E-state index contributed by atoms with van der Waals surface area (Å²) >= 11 is 1.29. The molecule has 7 heteroatoms. The van der Waals surface area contributed by atoms with E-state index in [4.69, 9.17) is 11.1 Å². The van der Waals surface area contributed by atoms with Crippen LogP contribution in [0, 0.1) is 5.41 Å². The molecule has 0 fully saturated rings. The fraction of sp³-hybridized carbons (Fsp3) is 0.400. The number of thioether (sulfide) groups is 1. The van der Waals surface area contributed by atoms with Crippen LogP contribution in [0.15, 0.2) is 17.4 Å². The van der Waals surface area contributed by atoms with Gasteiger partial charge in [0.1, 0.15) is 16.6 Å². The molecule has 6 nitrogen and oxygen atoms in total. The Morgan fingerprint density at radius 2 is 2.24 bits per heavy atom. The number of nitrogens with zero attached hydrogens (tertiary/aromatic N) is 2. The quantitative estimate of drug-likeness (QED) is 0.399. The van der Waals surface area contributed by atoms with Crippen LogP contribution >= 0.6 is 11.8 Å². The first kappa shape index (κ1) is 13.4. The summed E-state index contributed by atoms with van der Waals surface area (Å²) in [6.07, 6.45) is 2.93. The first-order valence-corrected chi connectivity index (χ1v) is 6.06. The second-order valence-corrected chi connectivity index (χ2v) is 4.66. The number of hydrogen-bond acceptors (Lipinski definition) is 5. The third-order valence-electron chi connectivity index (χ3n) is 1.70. The lowest BCUT2D eigenvalue weighted by molar-refractivity contribution is -0.119. The number of carbonyl (C=O) groups is 1. The minimum Gasteiger partial charge on any atom is -0.382 e. The molecule has 92 valence electrons. The molecule has 17 heavy (non-hydrogen) atoms. The number of aromatic nitrogens is 2. The summed E-state index contributed by atoms with van der Waals surface area (Å²) in [5.41, 5.74) is 5.58. The topological polar surface area (TPSA) is 105 Å². The van der Waals surface area contributed by atoms with Gasteiger partial charge in [0.25, 0.3) is 0 Å². The fourth-order valence-corrected chi connectivity index (χ4v) is 1.65. The van der Waals surface area contributed by atoms with Gasteiger partial charge in [0.2, 0.25) is 5.91 Å². The first-order valence-electron chi connectivity index (χ1n) is 5.07. The van der Waals surface area contributed by atoms with Crippen molar-refractivity contribution in [2.75, 3.05) is 5.75 Å². The van der Waals surface area contributed by atoms with Crippen LogP contribution in [-0.2, 0) is 4.79 Å². The second-order valence-electron chi connectivity index (χ2n) is 3.66. The smallest absolute Gasteiger partial charge is 0.230 e. The fourth-order valence-electron chi connectivity index (χ4n) is 1.03. The summed E-state index contributed by atoms with van der Waals surface area (Å²) in [6.45, 7) is 3.81. The Hall–Kier alpha value is -1.63. The van der Waals surface area contributed by atoms with Crippen LogP contribution in [0.4, 0.5) is 0 Å². The number of carbonyl (C=O) groups excluding carboxylic acids is 1. The zero-order chi connectivity index (χ0) is 12.8. The molecule has 1 amide bonds. The maximum atomic E-state index is 11.4. The molecular formula is C10H15N5OS. The van der Waals surface area contributed by atoms with E-state index in [0.29, 0.717) is 16.5 Å². The molecule has 0 aromatic carbocycles. The third kappa shape index (κ3) is 4.81. The summed E-state index contributed by atoms with van der Waals surface area (Å²) in [5.74, 6) is 0.140. The van der Waals surface area contributed by atoms with E-state index in [0.717, 1.165) is 0 Å². The van der Waals surface area contributed by atoms with Crippen molar-refractivity contribution in [3.8, 4) is 0 Å². The maximum absolute atomic E-state index is 11.4. The van der Waals surface area contributed by atoms with E-state index in [1.807, 2.05) is 13.8 Å². The van der Waals surface area contributed by atoms with Crippen molar-refractivity contribution in [2.45, 2.75) is 24.9 Å². The molecule has 0 unspecified atom stereocenters. The van der Waals surface area contributed by atoms with Crippen LogP contribution in [-0.4, -0.2) is 33.5 Å². The largest absolute Gasteiger partial charge is 0.382 e. The average Bonchev–Trinajstić information content (AvgIpc) is 2.26. The Kier molecular flexibility index (Phi) is 4.89. The van der Waals surface area contributed by atoms with Gasteiger partial charge in [0, 0.05) is 6.04 Å². The number of nitrogens with two attached hydrogens (primary N) is 1. The van der Waals surface area contributed by atoms with Crippen molar-refractivity contribution >= 4 is 23.5 Å². The summed E-state index contributed by atoms with van der Waals surface area (Å²) in [6, 6.07) is 0.134. The van der Waals surface area contributed by atoms with Crippen LogP contribution in [0.2, 0.25) is 0 Å². The predicted octanol–water partition coefficient (Wildman–Crippen LogP) is 0.377. The second kappa shape index (κ2) is 6.19. The number of nitrogens with one attached hydrogen (secondary N) is 2. The van der Waals surface area contributed by atoms with Crippen molar-refractivity contribution in [1.29, 1.82) is 5.41 Å². The van der Waals surface area contributed by atoms with Crippen LogP contribution in [0.25, 0.3) is 0 Å². The van der Waals surface area contributed by atoms with E-state index in [1.54, 1.807) is 0 Å². The van der Waals surface area contributed by atoms with Gasteiger partial charge in [-0.25, -0.2) is 9.97 Å². The Morgan fingerprint density at radius 1 is 1.53 bits per heavy atom. The molecule has 0 aliphatic rings. The minimum absolute atomic E-state index is 0.0394. The average molecular weight is 253 g/mol. The van der Waals surface area contributed by atoms with Crippen molar-refractivity contribution < 1.29 is 4.79 Å². The first-order chi connectivity index (χ1) is 7.99. The molecule has 1 rings (SSSR count). The molecule has 0 spiro atoms. The van der Waals surface area contributed by atoms with Crippen LogP contribution < -0.4 is 11.1 Å². The van der Waals surface area contributed by atoms with Crippen LogP contribution in [0.3, 0.4) is 0 Å². The van der Waals surface area contributed by atoms with E-state index in [-0.39, 0.29) is 17.8 Å². The summed E-state index contributed by atoms with van der Waals surface area (Å²) < 4.78 is 0. The molecule has 1 aromatic rings. The van der Waals surface area contributed by atoms with Gasteiger partial charge in [0.15, 0.2) is 0 Å². The molecule has 0 aliphatic carbocycles. The van der Waals surface area contributed by atoms with Gasteiger partial charge in [-0.2, -0.15) is 0 Å². The lowest BCUT2D eigenvalue weighted by Crippen LogP contribution is -2.31. The number of amidine groups is 1. The van der Waals surface area contributed by atoms with Crippen LogP contribution in [0.5, 0.6) is 0 Å². The lowest BCUT2D eigenvalue weighted by atomic mass is 10.4. The van der Waals surface area contributed by atoms with Gasteiger partial charge in [-0.05, 0) is 13.8 Å². The summed E-state index contributed by atoms with van der Waals surface area (Å²) in [7, 11) is 0. The molecular weight excluding hydrogens is 238 g/mol.